The van der Waals surface area contributed by atoms with E-state index >= 15 is 0 Å². The van der Waals surface area contributed by atoms with Crippen LogP contribution < -0.4 is 0 Å². The highest BCUT2D eigenvalue weighted by atomic mass is 35.5. The van der Waals surface area contributed by atoms with Crippen molar-refractivity contribution in [1.29, 1.82) is 0 Å². The molecule has 1 aromatic heterocycles. The summed E-state index contributed by atoms with van der Waals surface area (Å²) in [5, 5.41) is 6.63. The molecule has 0 spiro atoms. The number of carbonyl (C=O) groups is 1. The topological polar surface area (TPSA) is 58.6 Å². The van der Waals surface area contributed by atoms with Crippen molar-refractivity contribution in [2.24, 2.45) is 0 Å². The van der Waals surface area contributed by atoms with Gasteiger partial charge < -0.3 is 0 Å². The molecule has 0 unspecified atom stereocenters. The van der Waals surface area contributed by atoms with Gasteiger partial charge in [-0.05, 0) is 12.1 Å². The minimum absolute atomic E-state index is 0.215. The van der Waals surface area contributed by atoms with Crippen LogP contribution in [0.25, 0.3) is 0 Å². The SMILES string of the molecule is O=C(c1cccc(Cl)c1)c1ncn[nH]1. The third-order valence-electron chi connectivity index (χ3n) is 1.72. The summed E-state index contributed by atoms with van der Waals surface area (Å²) in [4.78, 5) is 15.4. The zero-order chi connectivity index (χ0) is 9.97. The van der Waals surface area contributed by atoms with Crippen molar-refractivity contribution in [1.82, 2.24) is 15.2 Å². The predicted molar refractivity (Wildman–Crippen MR) is 51.3 cm³/mol. The second-order valence-corrected chi connectivity index (χ2v) is 3.11. The van der Waals surface area contributed by atoms with E-state index in [1.54, 1.807) is 24.3 Å². The van der Waals surface area contributed by atoms with Gasteiger partial charge in [0.05, 0.1) is 0 Å². The van der Waals surface area contributed by atoms with Crippen molar-refractivity contribution < 1.29 is 4.79 Å². The molecule has 0 saturated carbocycles. The Labute approximate surface area is 84.9 Å². The van der Waals surface area contributed by atoms with E-state index in [9.17, 15) is 4.79 Å². The molecule has 0 fully saturated rings. The summed E-state index contributed by atoms with van der Waals surface area (Å²) in [7, 11) is 0. The molecule has 5 heteroatoms. The number of carbonyl (C=O) groups excluding carboxylic acids is 1. The molecule has 70 valence electrons. The third-order valence-corrected chi connectivity index (χ3v) is 1.95. The van der Waals surface area contributed by atoms with E-state index in [0.29, 0.717) is 10.6 Å². The summed E-state index contributed by atoms with van der Waals surface area (Å²) < 4.78 is 0. The molecular weight excluding hydrogens is 202 g/mol. The van der Waals surface area contributed by atoms with Gasteiger partial charge in [-0.1, -0.05) is 23.7 Å². The van der Waals surface area contributed by atoms with Crippen molar-refractivity contribution in [2.45, 2.75) is 0 Å². The molecule has 4 nitrogen and oxygen atoms in total. The molecule has 1 aromatic carbocycles. The number of aromatic amines is 1. The Morgan fingerprint density at radius 3 is 2.93 bits per heavy atom. The van der Waals surface area contributed by atoms with Crippen LogP contribution in [0.5, 0.6) is 0 Å². The number of nitrogens with zero attached hydrogens (tertiary/aromatic N) is 2. The number of halogens is 1. The number of ketones is 1. The quantitative estimate of drug-likeness (QED) is 0.763. The molecule has 0 amide bonds. The van der Waals surface area contributed by atoms with Gasteiger partial charge in [-0.15, -0.1) is 0 Å². The molecule has 1 heterocycles. The Balaban J connectivity index is 2.37. The van der Waals surface area contributed by atoms with Crippen molar-refractivity contribution >= 4 is 17.4 Å². The predicted octanol–water partition coefficient (Wildman–Crippen LogP) is 1.69. The zero-order valence-electron chi connectivity index (χ0n) is 7.07. The smallest absolute Gasteiger partial charge is 0.229 e. The third kappa shape index (κ3) is 1.65. The Morgan fingerprint density at radius 2 is 2.29 bits per heavy atom. The highest BCUT2D eigenvalue weighted by Gasteiger charge is 2.11. The van der Waals surface area contributed by atoms with Gasteiger partial charge in [-0.3, -0.25) is 9.89 Å². The van der Waals surface area contributed by atoms with E-state index in [2.05, 4.69) is 15.2 Å². The van der Waals surface area contributed by atoms with E-state index in [0.717, 1.165) is 0 Å². The number of rotatable bonds is 2. The van der Waals surface area contributed by atoms with Crippen LogP contribution in [-0.4, -0.2) is 21.0 Å². The first-order valence-electron chi connectivity index (χ1n) is 3.93. The van der Waals surface area contributed by atoms with Crippen LogP contribution in [0.15, 0.2) is 30.6 Å². The first-order valence-corrected chi connectivity index (χ1v) is 4.31. The van der Waals surface area contributed by atoms with E-state index in [-0.39, 0.29) is 11.6 Å². The highest BCUT2D eigenvalue weighted by molar-refractivity contribution is 6.31. The van der Waals surface area contributed by atoms with Crippen molar-refractivity contribution in [3.05, 3.63) is 47.0 Å². The van der Waals surface area contributed by atoms with Gasteiger partial charge in [-0.2, -0.15) is 5.10 Å². The summed E-state index contributed by atoms with van der Waals surface area (Å²) in [5.74, 6) is -0.00253. The van der Waals surface area contributed by atoms with E-state index < -0.39 is 0 Å². The lowest BCUT2D eigenvalue weighted by Crippen LogP contribution is -2.03. The van der Waals surface area contributed by atoms with Gasteiger partial charge >= 0.3 is 0 Å². The maximum Gasteiger partial charge on any atom is 0.229 e. The van der Waals surface area contributed by atoms with E-state index in [1.807, 2.05) is 0 Å². The van der Waals surface area contributed by atoms with Crippen molar-refractivity contribution in [3.63, 3.8) is 0 Å². The Morgan fingerprint density at radius 1 is 1.43 bits per heavy atom. The molecule has 0 aliphatic carbocycles. The molecule has 0 bridgehead atoms. The summed E-state index contributed by atoms with van der Waals surface area (Å²) in [6.45, 7) is 0. The lowest BCUT2D eigenvalue weighted by atomic mass is 10.1. The maximum absolute atomic E-state index is 11.7. The fraction of sp³-hybridized carbons (Fsp3) is 0. The van der Waals surface area contributed by atoms with Gasteiger partial charge in [0.2, 0.25) is 5.78 Å². The van der Waals surface area contributed by atoms with Crippen LogP contribution in [-0.2, 0) is 0 Å². The first-order chi connectivity index (χ1) is 6.77. The Hall–Kier alpha value is -1.68. The summed E-state index contributed by atoms with van der Waals surface area (Å²) in [5.41, 5.74) is 0.495. The van der Waals surface area contributed by atoms with Crippen LogP contribution in [0.2, 0.25) is 5.02 Å². The highest BCUT2D eigenvalue weighted by Crippen LogP contribution is 2.12. The molecule has 0 aliphatic rings. The monoisotopic (exact) mass is 207 g/mol. The number of hydrogen-bond acceptors (Lipinski definition) is 3. The van der Waals surface area contributed by atoms with E-state index in [1.165, 1.54) is 6.33 Å². The normalized spacial score (nSPS) is 10.1. The second kappa shape index (κ2) is 3.59. The van der Waals surface area contributed by atoms with Crippen LogP contribution in [0.1, 0.15) is 16.2 Å². The standard InChI is InChI=1S/C9H6ClN3O/c10-7-3-1-2-6(4-7)8(14)9-11-5-12-13-9/h1-5H,(H,11,12,13). The van der Waals surface area contributed by atoms with Crippen LogP contribution in [0.3, 0.4) is 0 Å². The van der Waals surface area contributed by atoms with E-state index in [4.69, 9.17) is 11.6 Å². The fourth-order valence-corrected chi connectivity index (χ4v) is 1.27. The lowest BCUT2D eigenvalue weighted by Gasteiger charge is -1.96. The zero-order valence-corrected chi connectivity index (χ0v) is 7.82. The molecule has 14 heavy (non-hydrogen) atoms. The minimum atomic E-state index is -0.218. The second-order valence-electron chi connectivity index (χ2n) is 2.67. The maximum atomic E-state index is 11.7. The largest absolute Gasteiger partial charge is 0.285 e. The average Bonchev–Trinajstić information content (AvgIpc) is 2.69. The van der Waals surface area contributed by atoms with Gasteiger partial charge in [0.25, 0.3) is 0 Å². The Kier molecular flexibility index (Phi) is 2.28. The average molecular weight is 208 g/mol. The van der Waals surface area contributed by atoms with Crippen molar-refractivity contribution in [3.8, 4) is 0 Å². The van der Waals surface area contributed by atoms with Crippen LogP contribution in [0.4, 0.5) is 0 Å². The molecule has 0 aliphatic heterocycles. The summed E-state index contributed by atoms with van der Waals surface area (Å²) in [6, 6.07) is 6.69. The first kappa shape index (κ1) is 8.90. The lowest BCUT2D eigenvalue weighted by molar-refractivity contribution is 0.103. The van der Waals surface area contributed by atoms with Gasteiger partial charge in [0.15, 0.2) is 5.82 Å². The minimum Gasteiger partial charge on any atom is -0.285 e. The molecule has 2 rings (SSSR count). The number of hydrogen-bond donors (Lipinski definition) is 1. The van der Waals surface area contributed by atoms with Crippen molar-refractivity contribution in [2.75, 3.05) is 0 Å². The number of aromatic nitrogens is 3. The fourth-order valence-electron chi connectivity index (χ4n) is 1.08. The molecule has 0 atom stereocenters. The molecule has 1 N–H and O–H groups in total. The molecule has 0 radical (unpaired) electrons. The van der Waals surface area contributed by atoms with Gasteiger partial charge in [0, 0.05) is 10.6 Å². The molecule has 2 aromatic rings. The number of H-pyrrole nitrogens is 1. The number of nitrogens with one attached hydrogen (secondary N) is 1. The van der Waals surface area contributed by atoms with Crippen LogP contribution in [0, 0.1) is 0 Å². The molecular formula is C9H6ClN3O. The molecule has 0 saturated heterocycles. The van der Waals surface area contributed by atoms with Gasteiger partial charge in [-0.25, -0.2) is 4.98 Å². The summed E-state index contributed by atoms with van der Waals surface area (Å²) >= 11 is 5.75. The Bertz CT molecular complexity index is 453. The number of benzene rings is 1. The van der Waals surface area contributed by atoms with Gasteiger partial charge in [0.1, 0.15) is 6.33 Å². The van der Waals surface area contributed by atoms with Crippen LogP contribution >= 0.6 is 11.6 Å². The summed E-state index contributed by atoms with van der Waals surface area (Å²) in [6.07, 6.45) is 1.29.